The Morgan fingerprint density at radius 1 is 1.12 bits per heavy atom. The van der Waals surface area contributed by atoms with E-state index in [9.17, 15) is 14.9 Å². The zero-order valence-electron chi connectivity index (χ0n) is 13.1. The molecule has 0 bridgehead atoms. The minimum absolute atomic E-state index is 0.0226. The zero-order chi connectivity index (χ0) is 17.4. The maximum absolute atomic E-state index is 11.8. The first-order valence-corrected chi connectivity index (χ1v) is 7.25. The predicted octanol–water partition coefficient (Wildman–Crippen LogP) is 2.77. The molecule has 7 nitrogen and oxygen atoms in total. The quantitative estimate of drug-likeness (QED) is 0.320. The third-order valence-corrected chi connectivity index (χ3v) is 3.16. The number of benzene rings is 2. The molecule has 0 fully saturated rings. The molecule has 7 heteroatoms. The number of hydrogen-bond donors (Lipinski definition) is 0. The van der Waals surface area contributed by atoms with Crippen molar-refractivity contribution in [1.82, 2.24) is 0 Å². The van der Waals surface area contributed by atoms with Crippen LogP contribution in [0.3, 0.4) is 0 Å². The van der Waals surface area contributed by atoms with Crippen molar-refractivity contribution in [2.75, 3.05) is 20.3 Å². The lowest BCUT2D eigenvalue weighted by Crippen LogP contribution is -2.18. The summed E-state index contributed by atoms with van der Waals surface area (Å²) in [6.07, 6.45) is 0.769. The summed E-state index contributed by atoms with van der Waals surface area (Å²) in [4.78, 5) is 22.1. The molecule has 0 aromatic heterocycles. The lowest BCUT2D eigenvalue weighted by molar-refractivity contribution is -0.385. The van der Waals surface area contributed by atoms with E-state index in [0.717, 1.165) is 12.0 Å². The molecule has 126 valence electrons. The third-order valence-electron chi connectivity index (χ3n) is 3.16. The fourth-order valence-corrected chi connectivity index (χ4v) is 1.97. The summed E-state index contributed by atoms with van der Waals surface area (Å²) >= 11 is 0. The number of hydrogen-bond acceptors (Lipinski definition) is 6. The van der Waals surface area contributed by atoms with E-state index in [2.05, 4.69) is 0 Å². The Hall–Kier alpha value is -2.93. The van der Waals surface area contributed by atoms with Crippen molar-refractivity contribution < 1.29 is 23.9 Å². The van der Waals surface area contributed by atoms with E-state index in [1.165, 1.54) is 18.2 Å². The smallest absolute Gasteiger partial charge is 0.349 e. The van der Waals surface area contributed by atoms with Gasteiger partial charge in [0.25, 0.3) is 0 Å². The van der Waals surface area contributed by atoms with Crippen molar-refractivity contribution >= 4 is 11.7 Å². The van der Waals surface area contributed by atoms with Gasteiger partial charge in [0.15, 0.2) is 12.4 Å². The van der Waals surface area contributed by atoms with E-state index in [-0.39, 0.29) is 11.4 Å². The second-order valence-corrected chi connectivity index (χ2v) is 4.87. The lowest BCUT2D eigenvalue weighted by Gasteiger charge is -2.07. The number of ether oxygens (including phenoxy) is 3. The normalized spacial score (nSPS) is 10.2. The largest absolute Gasteiger partial charge is 0.475 e. The number of rotatable bonds is 8. The standard InChI is InChI=1S/C17H17NO6/c1-22-11-10-13-6-8-14(9-7-13)24-17(19)12-23-16-5-3-2-4-15(16)18(20)21/h2-9H,10-12H2,1H3. The van der Waals surface area contributed by atoms with Crippen molar-refractivity contribution in [1.29, 1.82) is 0 Å². The van der Waals surface area contributed by atoms with Crippen LogP contribution in [-0.4, -0.2) is 31.2 Å². The highest BCUT2D eigenvalue weighted by atomic mass is 16.6. The summed E-state index contributed by atoms with van der Waals surface area (Å²) < 4.78 is 15.3. The van der Waals surface area contributed by atoms with Crippen LogP contribution in [0.1, 0.15) is 5.56 Å². The van der Waals surface area contributed by atoms with E-state index in [4.69, 9.17) is 14.2 Å². The molecule has 2 aromatic rings. The van der Waals surface area contributed by atoms with Crippen molar-refractivity contribution in [3.05, 3.63) is 64.2 Å². The molecule has 0 heterocycles. The fraction of sp³-hybridized carbons (Fsp3) is 0.235. The Balaban J connectivity index is 1.88. The van der Waals surface area contributed by atoms with Crippen LogP contribution >= 0.6 is 0 Å². The summed E-state index contributed by atoms with van der Waals surface area (Å²) in [6.45, 7) is 0.194. The van der Waals surface area contributed by atoms with Gasteiger partial charge in [0.05, 0.1) is 11.5 Å². The van der Waals surface area contributed by atoms with Crippen molar-refractivity contribution in [2.45, 2.75) is 6.42 Å². The number of esters is 1. The summed E-state index contributed by atoms with van der Waals surface area (Å²) in [6, 6.07) is 12.9. The van der Waals surface area contributed by atoms with Gasteiger partial charge in [0.1, 0.15) is 5.75 Å². The lowest BCUT2D eigenvalue weighted by atomic mass is 10.1. The minimum Gasteiger partial charge on any atom is -0.475 e. The van der Waals surface area contributed by atoms with Gasteiger partial charge in [-0.1, -0.05) is 24.3 Å². The second kappa shape index (κ2) is 8.64. The van der Waals surface area contributed by atoms with Crippen LogP contribution < -0.4 is 9.47 Å². The minimum atomic E-state index is -0.641. The van der Waals surface area contributed by atoms with Crippen LogP contribution in [0.4, 0.5) is 5.69 Å². The summed E-state index contributed by atoms with van der Waals surface area (Å²) in [5.74, 6) is -0.237. The fourth-order valence-electron chi connectivity index (χ4n) is 1.97. The number of nitro groups is 1. The number of nitrogens with zero attached hydrogens (tertiary/aromatic N) is 1. The molecule has 2 aromatic carbocycles. The van der Waals surface area contributed by atoms with Crippen LogP contribution in [0.25, 0.3) is 0 Å². The van der Waals surface area contributed by atoms with Crippen LogP contribution in [-0.2, 0) is 16.0 Å². The van der Waals surface area contributed by atoms with Crippen LogP contribution in [0.15, 0.2) is 48.5 Å². The van der Waals surface area contributed by atoms with Crippen LogP contribution in [0.5, 0.6) is 11.5 Å². The first kappa shape index (κ1) is 17.4. The van der Waals surface area contributed by atoms with Gasteiger partial charge >= 0.3 is 11.7 Å². The molecule has 0 N–H and O–H groups in total. The van der Waals surface area contributed by atoms with Crippen LogP contribution in [0, 0.1) is 10.1 Å². The van der Waals surface area contributed by atoms with Crippen molar-refractivity contribution in [3.8, 4) is 11.5 Å². The molecule has 2 rings (SSSR count). The van der Waals surface area contributed by atoms with E-state index in [1.54, 1.807) is 25.3 Å². The molecule has 0 amide bonds. The molecule has 0 aliphatic rings. The SMILES string of the molecule is COCCc1ccc(OC(=O)COc2ccccc2[N+](=O)[O-])cc1. The average Bonchev–Trinajstić information content (AvgIpc) is 2.59. The average molecular weight is 331 g/mol. The van der Waals surface area contributed by atoms with Gasteiger partial charge in [-0.15, -0.1) is 0 Å². The number of para-hydroxylation sites is 2. The maximum atomic E-state index is 11.8. The predicted molar refractivity (Wildman–Crippen MR) is 86.2 cm³/mol. The molecule has 0 aliphatic carbocycles. The molecule has 0 unspecified atom stereocenters. The van der Waals surface area contributed by atoms with Gasteiger partial charge in [-0.3, -0.25) is 10.1 Å². The first-order valence-electron chi connectivity index (χ1n) is 7.25. The van der Waals surface area contributed by atoms with E-state index < -0.39 is 17.5 Å². The van der Waals surface area contributed by atoms with Gasteiger partial charge in [0.2, 0.25) is 0 Å². The van der Waals surface area contributed by atoms with E-state index >= 15 is 0 Å². The van der Waals surface area contributed by atoms with Gasteiger partial charge in [0, 0.05) is 13.2 Å². The van der Waals surface area contributed by atoms with Gasteiger partial charge in [-0.25, -0.2) is 4.79 Å². The third kappa shape index (κ3) is 5.06. The molecule has 0 saturated carbocycles. The maximum Gasteiger partial charge on any atom is 0.349 e. The highest BCUT2D eigenvalue weighted by molar-refractivity contribution is 5.74. The number of methoxy groups -OCH3 is 1. The monoisotopic (exact) mass is 331 g/mol. The zero-order valence-corrected chi connectivity index (χ0v) is 13.1. The van der Waals surface area contributed by atoms with Crippen molar-refractivity contribution in [2.24, 2.45) is 0 Å². The van der Waals surface area contributed by atoms with Gasteiger partial charge in [-0.2, -0.15) is 0 Å². The van der Waals surface area contributed by atoms with Crippen molar-refractivity contribution in [3.63, 3.8) is 0 Å². The number of carbonyl (C=O) groups excluding carboxylic acids is 1. The summed E-state index contributed by atoms with van der Waals surface area (Å²) in [5.41, 5.74) is 0.862. The molecule has 0 spiro atoms. The Morgan fingerprint density at radius 3 is 2.50 bits per heavy atom. The molecule has 0 atom stereocenters. The first-order chi connectivity index (χ1) is 11.6. The molecule has 0 aliphatic heterocycles. The molecular formula is C17H17NO6. The van der Waals surface area contributed by atoms with Gasteiger partial charge in [-0.05, 0) is 30.2 Å². The Labute approximate surface area is 138 Å². The van der Waals surface area contributed by atoms with E-state index in [0.29, 0.717) is 12.4 Å². The van der Waals surface area contributed by atoms with Crippen LogP contribution in [0.2, 0.25) is 0 Å². The Kier molecular flexibility index (Phi) is 6.27. The topological polar surface area (TPSA) is 87.9 Å². The Morgan fingerprint density at radius 2 is 1.83 bits per heavy atom. The summed E-state index contributed by atoms with van der Waals surface area (Å²) in [5, 5.41) is 10.9. The molecule has 0 saturated heterocycles. The number of nitro benzene ring substituents is 1. The number of carbonyl (C=O) groups is 1. The highest BCUT2D eigenvalue weighted by Gasteiger charge is 2.15. The summed E-state index contributed by atoms with van der Waals surface area (Å²) in [7, 11) is 1.63. The molecule has 24 heavy (non-hydrogen) atoms. The Bertz CT molecular complexity index is 698. The molecular weight excluding hydrogens is 314 g/mol. The molecule has 0 radical (unpaired) electrons. The van der Waals surface area contributed by atoms with Gasteiger partial charge < -0.3 is 14.2 Å². The second-order valence-electron chi connectivity index (χ2n) is 4.87. The highest BCUT2D eigenvalue weighted by Crippen LogP contribution is 2.25. The van der Waals surface area contributed by atoms with E-state index in [1.807, 2.05) is 12.1 Å².